The Morgan fingerprint density at radius 3 is 2.88 bits per heavy atom. The van der Waals surface area contributed by atoms with Crippen LogP contribution in [0.25, 0.3) is 0 Å². The zero-order valence-corrected chi connectivity index (χ0v) is 10.1. The van der Waals surface area contributed by atoms with E-state index in [1.165, 1.54) is 12.3 Å². The van der Waals surface area contributed by atoms with Crippen LogP contribution in [0, 0.1) is 0 Å². The summed E-state index contributed by atoms with van der Waals surface area (Å²) >= 11 is 0. The van der Waals surface area contributed by atoms with Crippen molar-refractivity contribution in [3.8, 4) is 0 Å². The number of ether oxygens (including phenoxy) is 1. The zero-order valence-electron chi connectivity index (χ0n) is 9.30. The molecule has 2 heterocycles. The maximum Gasteiger partial charge on any atom is 0.242 e. The van der Waals surface area contributed by atoms with Gasteiger partial charge in [0.05, 0.1) is 12.3 Å². The van der Waals surface area contributed by atoms with Gasteiger partial charge in [0, 0.05) is 25.4 Å². The summed E-state index contributed by atoms with van der Waals surface area (Å²) in [7, 11) is -3.50. The van der Waals surface area contributed by atoms with Crippen LogP contribution in [0.2, 0.25) is 0 Å². The van der Waals surface area contributed by atoms with E-state index in [1.807, 2.05) is 0 Å². The van der Waals surface area contributed by atoms with Crippen LogP contribution in [-0.2, 0) is 21.3 Å². The van der Waals surface area contributed by atoms with Crippen molar-refractivity contribution in [2.45, 2.75) is 23.9 Å². The molecule has 1 unspecified atom stereocenters. The number of rotatable bonds is 4. The van der Waals surface area contributed by atoms with E-state index < -0.39 is 10.0 Å². The molecule has 3 N–H and O–H groups in total. The van der Waals surface area contributed by atoms with Gasteiger partial charge in [0.15, 0.2) is 0 Å². The van der Waals surface area contributed by atoms with Gasteiger partial charge in [0.25, 0.3) is 0 Å². The smallest absolute Gasteiger partial charge is 0.242 e. The molecule has 1 aromatic heterocycles. The van der Waals surface area contributed by atoms with Gasteiger partial charge in [0.1, 0.15) is 4.90 Å². The Labute approximate surface area is 100 Å². The lowest BCUT2D eigenvalue weighted by atomic mass is 10.3. The van der Waals surface area contributed by atoms with Gasteiger partial charge in [0.2, 0.25) is 10.0 Å². The second kappa shape index (κ2) is 5.09. The fourth-order valence-corrected chi connectivity index (χ4v) is 2.81. The summed E-state index contributed by atoms with van der Waals surface area (Å²) in [5.41, 5.74) is 6.06. The average molecular weight is 257 g/mol. The zero-order chi connectivity index (χ0) is 12.3. The molecule has 0 radical (unpaired) electrons. The third-order valence-corrected chi connectivity index (χ3v) is 4.07. The quantitative estimate of drug-likeness (QED) is 0.766. The summed E-state index contributed by atoms with van der Waals surface area (Å²) < 4.78 is 31.6. The second-order valence-electron chi connectivity index (χ2n) is 3.87. The Balaban J connectivity index is 2.12. The summed E-state index contributed by atoms with van der Waals surface area (Å²) in [4.78, 5) is 4.12. The van der Waals surface area contributed by atoms with Crippen molar-refractivity contribution in [2.24, 2.45) is 5.73 Å². The number of hydrogen-bond acceptors (Lipinski definition) is 5. The van der Waals surface area contributed by atoms with Gasteiger partial charge in [-0.15, -0.1) is 0 Å². The third-order valence-electron chi connectivity index (χ3n) is 2.57. The van der Waals surface area contributed by atoms with E-state index in [4.69, 9.17) is 10.5 Å². The molecule has 0 saturated carbocycles. The average Bonchev–Trinajstić information content (AvgIpc) is 2.81. The van der Waals surface area contributed by atoms with E-state index >= 15 is 0 Å². The van der Waals surface area contributed by atoms with E-state index in [0.29, 0.717) is 31.9 Å². The standard InChI is InChI=1S/C10H15N3O3S/c11-5-8-1-2-10(6-12-8)17(14,15)13-9-3-4-16-7-9/h1-2,6,9,13H,3-5,7,11H2. The molecule has 1 fully saturated rings. The van der Waals surface area contributed by atoms with Crippen LogP contribution < -0.4 is 10.5 Å². The molecule has 0 spiro atoms. The maximum atomic E-state index is 11.9. The first-order chi connectivity index (χ1) is 8.12. The second-order valence-corrected chi connectivity index (χ2v) is 5.59. The Hall–Kier alpha value is -1.02. The lowest BCUT2D eigenvalue weighted by Crippen LogP contribution is -2.35. The lowest BCUT2D eigenvalue weighted by Gasteiger charge is -2.11. The molecule has 0 amide bonds. The number of hydrogen-bond donors (Lipinski definition) is 2. The summed E-state index contributed by atoms with van der Waals surface area (Å²) in [6.07, 6.45) is 2.02. The topological polar surface area (TPSA) is 94.3 Å². The number of nitrogens with one attached hydrogen (secondary N) is 1. The summed E-state index contributed by atoms with van der Waals surface area (Å²) in [6, 6.07) is 2.97. The van der Waals surface area contributed by atoms with Gasteiger partial charge in [-0.05, 0) is 18.6 Å². The van der Waals surface area contributed by atoms with Crippen molar-refractivity contribution in [3.05, 3.63) is 24.0 Å². The number of nitrogens with zero attached hydrogens (tertiary/aromatic N) is 1. The Bertz CT molecular complexity index is 466. The van der Waals surface area contributed by atoms with E-state index in [0.717, 1.165) is 0 Å². The monoisotopic (exact) mass is 257 g/mol. The molecule has 1 aliphatic heterocycles. The summed E-state index contributed by atoms with van der Waals surface area (Å²) in [6.45, 7) is 1.31. The van der Waals surface area contributed by atoms with E-state index in [1.54, 1.807) is 6.07 Å². The molecule has 2 rings (SSSR count). The molecule has 94 valence electrons. The van der Waals surface area contributed by atoms with Gasteiger partial charge < -0.3 is 10.5 Å². The molecule has 1 aliphatic rings. The van der Waals surface area contributed by atoms with Crippen LogP contribution in [0.1, 0.15) is 12.1 Å². The summed E-state index contributed by atoms with van der Waals surface area (Å²) in [5, 5.41) is 0. The normalized spacial score (nSPS) is 20.6. The maximum absolute atomic E-state index is 11.9. The van der Waals surface area contributed by atoms with E-state index in [2.05, 4.69) is 9.71 Å². The van der Waals surface area contributed by atoms with Gasteiger partial charge >= 0.3 is 0 Å². The molecule has 1 aromatic rings. The number of sulfonamides is 1. The van der Waals surface area contributed by atoms with Crippen LogP contribution >= 0.6 is 0 Å². The fraction of sp³-hybridized carbons (Fsp3) is 0.500. The number of aromatic nitrogens is 1. The minimum atomic E-state index is -3.50. The predicted molar refractivity (Wildman–Crippen MR) is 61.7 cm³/mol. The summed E-state index contributed by atoms with van der Waals surface area (Å²) in [5.74, 6) is 0. The number of pyridine rings is 1. The highest BCUT2D eigenvalue weighted by atomic mass is 32.2. The van der Waals surface area contributed by atoms with Crippen molar-refractivity contribution in [1.82, 2.24) is 9.71 Å². The minimum absolute atomic E-state index is 0.144. The van der Waals surface area contributed by atoms with Crippen molar-refractivity contribution >= 4 is 10.0 Å². The molecule has 17 heavy (non-hydrogen) atoms. The first-order valence-corrected chi connectivity index (χ1v) is 6.85. The molecule has 7 heteroatoms. The van der Waals surface area contributed by atoms with Crippen LogP contribution in [0.15, 0.2) is 23.2 Å². The Morgan fingerprint density at radius 2 is 2.35 bits per heavy atom. The van der Waals surface area contributed by atoms with Crippen LogP contribution in [0.5, 0.6) is 0 Å². The molecular weight excluding hydrogens is 242 g/mol. The van der Waals surface area contributed by atoms with E-state index in [9.17, 15) is 8.42 Å². The first kappa shape index (κ1) is 12.4. The molecule has 1 saturated heterocycles. The van der Waals surface area contributed by atoms with Gasteiger partial charge in [-0.25, -0.2) is 13.1 Å². The third kappa shape index (κ3) is 3.01. The molecule has 0 bridgehead atoms. The van der Waals surface area contributed by atoms with E-state index in [-0.39, 0.29) is 10.9 Å². The van der Waals surface area contributed by atoms with Gasteiger partial charge in [-0.1, -0.05) is 0 Å². The highest BCUT2D eigenvalue weighted by Gasteiger charge is 2.23. The van der Waals surface area contributed by atoms with Crippen molar-refractivity contribution in [3.63, 3.8) is 0 Å². The highest BCUT2D eigenvalue weighted by molar-refractivity contribution is 7.89. The lowest BCUT2D eigenvalue weighted by molar-refractivity contribution is 0.192. The largest absolute Gasteiger partial charge is 0.380 e. The van der Waals surface area contributed by atoms with Crippen LogP contribution in [-0.4, -0.2) is 32.7 Å². The molecular formula is C10H15N3O3S. The predicted octanol–water partition coefficient (Wildman–Crippen LogP) is -0.393. The first-order valence-electron chi connectivity index (χ1n) is 5.37. The Morgan fingerprint density at radius 1 is 1.53 bits per heavy atom. The van der Waals surface area contributed by atoms with Crippen molar-refractivity contribution in [1.29, 1.82) is 0 Å². The highest BCUT2D eigenvalue weighted by Crippen LogP contribution is 2.11. The molecule has 0 aliphatic carbocycles. The molecule has 6 nitrogen and oxygen atoms in total. The minimum Gasteiger partial charge on any atom is -0.380 e. The number of nitrogens with two attached hydrogens (primary N) is 1. The fourth-order valence-electron chi connectivity index (χ4n) is 1.61. The SMILES string of the molecule is NCc1ccc(S(=O)(=O)NC2CCOC2)cn1. The molecule has 1 atom stereocenters. The van der Waals surface area contributed by atoms with Crippen LogP contribution in [0.4, 0.5) is 0 Å². The van der Waals surface area contributed by atoms with Crippen LogP contribution in [0.3, 0.4) is 0 Å². The van der Waals surface area contributed by atoms with Gasteiger partial charge in [-0.3, -0.25) is 4.98 Å². The van der Waals surface area contributed by atoms with Gasteiger partial charge in [-0.2, -0.15) is 0 Å². The molecule has 0 aromatic carbocycles. The Kier molecular flexibility index (Phi) is 3.72. The van der Waals surface area contributed by atoms with Crippen molar-refractivity contribution < 1.29 is 13.2 Å². The van der Waals surface area contributed by atoms with Crippen molar-refractivity contribution in [2.75, 3.05) is 13.2 Å².